The molecule has 190 valence electrons. The molecule has 1 aliphatic heterocycles. The lowest BCUT2D eigenvalue weighted by molar-refractivity contribution is -0.00643. The molecule has 0 spiro atoms. The monoisotopic (exact) mass is 518 g/mol. The van der Waals surface area contributed by atoms with Crippen molar-refractivity contribution < 1.29 is 9.84 Å². The zero-order chi connectivity index (χ0) is 25.5. The lowest BCUT2D eigenvalue weighted by atomic mass is 9.47. The summed E-state index contributed by atoms with van der Waals surface area (Å²) in [6.07, 6.45) is 7.74. The first kappa shape index (κ1) is 22.9. The molecule has 4 aromatic rings. The van der Waals surface area contributed by atoms with Gasteiger partial charge in [-0.15, -0.1) is 0 Å². The molecule has 4 fully saturated rings. The molecule has 0 aromatic heterocycles. The third-order valence-corrected chi connectivity index (χ3v) is 10.2. The molecule has 4 saturated carbocycles. The minimum atomic E-state index is -1.40. The van der Waals surface area contributed by atoms with E-state index in [0.717, 1.165) is 57.1 Å². The summed E-state index contributed by atoms with van der Waals surface area (Å²) >= 11 is 6.95. The van der Waals surface area contributed by atoms with Crippen LogP contribution in [0, 0.1) is 17.8 Å². The van der Waals surface area contributed by atoms with Crippen LogP contribution in [-0.4, -0.2) is 5.11 Å². The van der Waals surface area contributed by atoms with E-state index < -0.39 is 5.60 Å². The third-order valence-electron chi connectivity index (χ3n) is 9.94. The number of benzene rings is 4. The highest BCUT2D eigenvalue weighted by molar-refractivity contribution is 6.30. The highest BCUT2D eigenvalue weighted by Gasteiger charge is 2.54. The molecule has 1 N–H and O–H groups in total. The first-order valence-corrected chi connectivity index (χ1v) is 14.4. The summed E-state index contributed by atoms with van der Waals surface area (Å²) in [6, 6.07) is 30.6. The molecule has 4 bridgehead atoms. The van der Waals surface area contributed by atoms with Gasteiger partial charge >= 0.3 is 0 Å². The number of hydrogen-bond acceptors (Lipinski definition) is 2. The molecule has 9 rings (SSSR count). The average molecular weight is 519 g/mol. The van der Waals surface area contributed by atoms with Crippen LogP contribution in [0.15, 0.2) is 91.0 Å². The molecule has 4 aliphatic carbocycles. The van der Waals surface area contributed by atoms with Gasteiger partial charge in [0.05, 0.1) is 0 Å². The summed E-state index contributed by atoms with van der Waals surface area (Å²) in [7, 11) is 0. The van der Waals surface area contributed by atoms with Crippen molar-refractivity contribution >= 4 is 11.6 Å². The molecule has 2 nitrogen and oxygen atoms in total. The van der Waals surface area contributed by atoms with E-state index in [1.54, 1.807) is 0 Å². The van der Waals surface area contributed by atoms with Crippen molar-refractivity contribution in [2.24, 2.45) is 17.8 Å². The van der Waals surface area contributed by atoms with Crippen molar-refractivity contribution in [3.8, 4) is 22.6 Å². The molecule has 0 radical (unpaired) electrons. The van der Waals surface area contributed by atoms with Gasteiger partial charge in [0.2, 0.25) is 0 Å². The molecule has 1 unspecified atom stereocenters. The lowest BCUT2D eigenvalue weighted by Crippen LogP contribution is -2.49. The van der Waals surface area contributed by atoms with Crippen LogP contribution in [0.2, 0.25) is 5.02 Å². The van der Waals surface area contributed by atoms with Crippen LogP contribution in [-0.2, 0) is 11.0 Å². The van der Waals surface area contributed by atoms with Crippen LogP contribution in [0.4, 0.5) is 0 Å². The highest BCUT2D eigenvalue weighted by Crippen LogP contribution is 2.64. The van der Waals surface area contributed by atoms with Crippen molar-refractivity contribution in [3.05, 3.63) is 118 Å². The molecule has 0 amide bonds. The van der Waals surface area contributed by atoms with Gasteiger partial charge in [0.25, 0.3) is 0 Å². The predicted molar refractivity (Wildman–Crippen MR) is 152 cm³/mol. The normalized spacial score (nSPS) is 30.4. The molecule has 1 atom stereocenters. The van der Waals surface area contributed by atoms with E-state index in [2.05, 4.69) is 30.3 Å². The summed E-state index contributed by atoms with van der Waals surface area (Å²) in [5.74, 6) is 3.93. The topological polar surface area (TPSA) is 29.5 Å². The Morgan fingerprint density at radius 3 is 1.95 bits per heavy atom. The molecular weight excluding hydrogens is 488 g/mol. The molecule has 0 saturated heterocycles. The first-order chi connectivity index (χ1) is 18.5. The Kier molecular flexibility index (Phi) is 4.94. The van der Waals surface area contributed by atoms with Crippen LogP contribution >= 0.6 is 11.6 Å². The van der Waals surface area contributed by atoms with Gasteiger partial charge in [0.1, 0.15) is 17.1 Å². The van der Waals surface area contributed by atoms with Crippen molar-refractivity contribution in [2.45, 2.75) is 49.5 Å². The average Bonchev–Trinajstić information content (AvgIpc) is 2.93. The largest absolute Gasteiger partial charge is 0.456 e. The van der Waals surface area contributed by atoms with E-state index in [9.17, 15) is 5.11 Å². The Morgan fingerprint density at radius 2 is 1.24 bits per heavy atom. The molecule has 1 heterocycles. The number of aliphatic hydroxyl groups is 1. The molecular formula is C35H31ClO2. The zero-order valence-electron chi connectivity index (χ0n) is 21.4. The Balaban J connectivity index is 1.40. The second-order valence-corrected chi connectivity index (χ2v) is 12.7. The van der Waals surface area contributed by atoms with Gasteiger partial charge in [-0.05, 0) is 91.0 Å². The summed E-state index contributed by atoms with van der Waals surface area (Å²) in [5, 5.41) is 13.8. The number of para-hydroxylation sites is 1. The van der Waals surface area contributed by atoms with Gasteiger partial charge in [-0.3, -0.25) is 0 Å². The summed E-state index contributed by atoms with van der Waals surface area (Å²) in [6.45, 7) is 0. The summed E-state index contributed by atoms with van der Waals surface area (Å²) in [5.41, 5.74) is 4.34. The Hall–Kier alpha value is -3.07. The van der Waals surface area contributed by atoms with Crippen molar-refractivity contribution in [1.29, 1.82) is 0 Å². The quantitative estimate of drug-likeness (QED) is 0.293. The molecule has 3 heteroatoms. The van der Waals surface area contributed by atoms with Crippen LogP contribution in [0.5, 0.6) is 11.5 Å². The number of hydrogen-bond donors (Lipinski definition) is 1. The van der Waals surface area contributed by atoms with E-state index >= 15 is 0 Å². The van der Waals surface area contributed by atoms with Gasteiger partial charge in [0.15, 0.2) is 0 Å². The van der Waals surface area contributed by atoms with E-state index in [1.807, 2.05) is 60.7 Å². The van der Waals surface area contributed by atoms with Crippen molar-refractivity contribution in [1.82, 2.24) is 0 Å². The minimum Gasteiger partial charge on any atom is -0.456 e. The standard InChI is InChI=1S/C35H31ClO2/c36-26-17-30(34-19-22-14-23(20-34)16-24(15-22)21-34)33-31(18-26)35(37,29-12-6-7-13-32(29)38-33)28-11-5-4-10-27(28)25-8-2-1-3-9-25/h1-13,17-18,22-24,37H,14-16,19-21H2. The van der Waals surface area contributed by atoms with Gasteiger partial charge in [-0.25, -0.2) is 0 Å². The Labute approximate surface area is 229 Å². The van der Waals surface area contributed by atoms with Crippen LogP contribution in [0.3, 0.4) is 0 Å². The van der Waals surface area contributed by atoms with Gasteiger partial charge in [0, 0.05) is 27.3 Å². The number of rotatable bonds is 3. The van der Waals surface area contributed by atoms with E-state index in [1.165, 1.54) is 44.1 Å². The fourth-order valence-electron chi connectivity index (χ4n) is 8.87. The van der Waals surface area contributed by atoms with E-state index in [-0.39, 0.29) is 5.41 Å². The zero-order valence-corrected chi connectivity index (χ0v) is 22.1. The van der Waals surface area contributed by atoms with Crippen LogP contribution in [0.1, 0.15) is 60.8 Å². The fourth-order valence-corrected chi connectivity index (χ4v) is 9.09. The predicted octanol–water partition coefficient (Wildman–Crippen LogP) is 8.86. The van der Waals surface area contributed by atoms with Crippen molar-refractivity contribution in [3.63, 3.8) is 0 Å². The minimum absolute atomic E-state index is 0.0792. The van der Waals surface area contributed by atoms with Crippen molar-refractivity contribution in [2.75, 3.05) is 0 Å². The number of ether oxygens (including phenoxy) is 1. The Bertz CT molecular complexity index is 1520. The summed E-state index contributed by atoms with van der Waals surface area (Å²) < 4.78 is 6.80. The van der Waals surface area contributed by atoms with Gasteiger partial charge in [-0.2, -0.15) is 0 Å². The maximum atomic E-state index is 13.1. The highest BCUT2D eigenvalue weighted by atomic mass is 35.5. The van der Waals surface area contributed by atoms with Crippen LogP contribution < -0.4 is 4.74 Å². The summed E-state index contributed by atoms with van der Waals surface area (Å²) in [4.78, 5) is 0. The fraction of sp³-hybridized carbons (Fsp3) is 0.314. The molecule has 38 heavy (non-hydrogen) atoms. The van der Waals surface area contributed by atoms with Gasteiger partial charge < -0.3 is 9.84 Å². The van der Waals surface area contributed by atoms with Gasteiger partial charge in [-0.1, -0.05) is 84.4 Å². The first-order valence-electron chi connectivity index (χ1n) is 14.0. The Morgan fingerprint density at radius 1 is 0.658 bits per heavy atom. The maximum Gasteiger partial charge on any atom is 0.148 e. The second kappa shape index (κ2) is 8.21. The third kappa shape index (κ3) is 3.23. The molecule has 5 aliphatic rings. The molecule has 4 aromatic carbocycles. The maximum absolute atomic E-state index is 13.1. The lowest BCUT2D eigenvalue weighted by Gasteiger charge is -2.57. The van der Waals surface area contributed by atoms with E-state index in [0.29, 0.717) is 5.02 Å². The SMILES string of the molecule is OC1(c2ccccc2-c2ccccc2)c2ccccc2Oc2c(C34CC5CC(CC(C5)C3)C4)cc(Cl)cc21. The smallest absolute Gasteiger partial charge is 0.148 e. The van der Waals surface area contributed by atoms with E-state index in [4.69, 9.17) is 16.3 Å². The second-order valence-electron chi connectivity index (χ2n) is 12.2. The van der Waals surface area contributed by atoms with Crippen LogP contribution in [0.25, 0.3) is 11.1 Å². The number of fused-ring (bicyclic) bond motifs is 2. The number of halogens is 1.